The quantitative estimate of drug-likeness (QED) is 0.178. The Kier molecular flexibility index (Phi) is 23.0. The lowest BCUT2D eigenvalue weighted by Gasteiger charge is -2.37. The Morgan fingerprint density at radius 2 is 1.13 bits per heavy atom. The maximum atomic E-state index is 14.8. The van der Waals surface area contributed by atoms with Gasteiger partial charge in [0.05, 0.1) is 6.07 Å². The summed E-state index contributed by atoms with van der Waals surface area (Å²) in [6, 6.07) is -4.42. The van der Waals surface area contributed by atoms with Crippen LogP contribution < -0.4 is 16.0 Å². The van der Waals surface area contributed by atoms with Gasteiger partial charge in [-0.05, 0) is 68.6 Å². The molecular weight excluding hydrogens is 791 g/mol. The normalized spacial score (nSPS) is 26.8. The molecule has 1 heterocycles. The van der Waals surface area contributed by atoms with Crippen LogP contribution in [0.15, 0.2) is 0 Å². The first kappa shape index (κ1) is 53.9. The molecule has 0 aromatic rings. The molecule has 2 aliphatic rings. The molecule has 0 radical (unpaired) electrons. The molecule has 0 bridgehead atoms. The van der Waals surface area contributed by atoms with Crippen molar-refractivity contribution < 1.29 is 38.3 Å². The molecule has 1 aliphatic heterocycles. The maximum absolute atomic E-state index is 14.8. The fraction of sp³-hybridized carbons (Fsp3) is 0.830. The number of hydrogen-bond donors (Lipinski definition) is 3. The summed E-state index contributed by atoms with van der Waals surface area (Å²) in [4.78, 5) is 105. The van der Waals surface area contributed by atoms with Crippen molar-refractivity contribution in [1.82, 2.24) is 30.7 Å². The van der Waals surface area contributed by atoms with Gasteiger partial charge in [0.2, 0.25) is 29.5 Å². The van der Waals surface area contributed by atoms with Crippen molar-refractivity contribution >= 4 is 41.4 Å². The summed E-state index contributed by atoms with van der Waals surface area (Å²) in [5, 5.41) is 18.2. The van der Waals surface area contributed by atoms with Crippen molar-refractivity contribution in [2.75, 3.05) is 21.1 Å². The Bertz CT molecular complexity index is 1540. The standard InChI is InChI=1S/C47H81N7O8/c1-13-14-19-32(8)27-37-44(58)52(10)33(9)47(61)62-40(22-18-23-48)43(57)51-36(25-30(4)5)46(60)53(11)38(26-31(6)7)41(55)49-35(24-29(2)3)45(59)54(12)39(42(56)50-37)28-34-20-16-15-17-21-34/h29-40H,13-22,24-28H2,1-12H3,(H,49,55)(H,50,56)(H,51,57)/t32-,33+,35+,36+,37+,38+,39+,40-/m1/s1. The highest BCUT2D eigenvalue weighted by molar-refractivity contribution is 5.97. The van der Waals surface area contributed by atoms with Gasteiger partial charge in [0.25, 0.3) is 5.91 Å². The Balaban J connectivity index is 2.85. The van der Waals surface area contributed by atoms with Crippen LogP contribution in [0.1, 0.15) is 159 Å². The highest BCUT2D eigenvalue weighted by Crippen LogP contribution is 2.29. The summed E-state index contributed by atoms with van der Waals surface area (Å²) in [5.41, 5.74) is 0. The summed E-state index contributed by atoms with van der Waals surface area (Å²) < 4.78 is 5.75. The van der Waals surface area contributed by atoms with Gasteiger partial charge in [0.1, 0.15) is 36.3 Å². The largest absolute Gasteiger partial charge is 0.451 e. The molecule has 0 unspecified atom stereocenters. The third-order valence-corrected chi connectivity index (χ3v) is 12.5. The second kappa shape index (κ2) is 26.4. The van der Waals surface area contributed by atoms with Crippen LogP contribution in [0, 0.1) is 40.9 Å². The number of hydrogen-bond acceptors (Lipinski definition) is 9. The van der Waals surface area contributed by atoms with E-state index in [2.05, 4.69) is 22.9 Å². The minimum absolute atomic E-state index is 0.0218. The third kappa shape index (κ3) is 16.8. The van der Waals surface area contributed by atoms with E-state index in [0.29, 0.717) is 6.42 Å². The average Bonchev–Trinajstić information content (AvgIpc) is 3.22. The number of carbonyl (C=O) groups is 7. The Morgan fingerprint density at radius 3 is 1.63 bits per heavy atom. The third-order valence-electron chi connectivity index (χ3n) is 12.5. The number of rotatable bonds is 15. The number of ether oxygens (including phenoxy) is 1. The number of nitriles is 1. The minimum atomic E-state index is -1.46. The Hall–Kier alpha value is -4.22. The molecule has 352 valence electrons. The number of carbonyl (C=O) groups excluding carboxylic acids is 7. The molecular formula is C47H81N7O8. The summed E-state index contributed by atoms with van der Waals surface area (Å²) in [6.07, 6.45) is 7.19. The number of amides is 6. The second-order valence-electron chi connectivity index (χ2n) is 19.5. The van der Waals surface area contributed by atoms with E-state index in [-0.39, 0.29) is 68.1 Å². The SMILES string of the molecule is CCCC[C@@H](C)C[C@@H]1NC(=O)[C@H](CC2CCCCC2)N(C)C(=O)[C@H](CC(C)C)NC(=O)[C@H](CC(C)C)N(C)C(=O)[C@H](CC(C)C)NC(=O)[C@@H](CCC#N)OC(=O)[C@H](C)N(C)C1=O. The smallest absolute Gasteiger partial charge is 0.329 e. The lowest BCUT2D eigenvalue weighted by molar-refractivity contribution is -0.163. The van der Waals surface area contributed by atoms with Crippen molar-refractivity contribution in [1.29, 1.82) is 5.26 Å². The van der Waals surface area contributed by atoms with E-state index >= 15 is 0 Å². The van der Waals surface area contributed by atoms with E-state index in [9.17, 15) is 38.8 Å². The number of nitrogens with one attached hydrogen (secondary N) is 3. The molecule has 0 aromatic heterocycles. The molecule has 15 nitrogen and oxygen atoms in total. The van der Waals surface area contributed by atoms with E-state index in [1.54, 1.807) is 7.05 Å². The minimum Gasteiger partial charge on any atom is -0.451 e. The van der Waals surface area contributed by atoms with Crippen LogP contribution in [0.5, 0.6) is 0 Å². The predicted octanol–water partition coefficient (Wildman–Crippen LogP) is 5.50. The first-order chi connectivity index (χ1) is 29.1. The van der Waals surface area contributed by atoms with E-state index in [0.717, 1.165) is 51.4 Å². The van der Waals surface area contributed by atoms with Crippen molar-refractivity contribution in [3.63, 3.8) is 0 Å². The predicted molar refractivity (Wildman–Crippen MR) is 239 cm³/mol. The fourth-order valence-electron chi connectivity index (χ4n) is 8.62. The van der Waals surface area contributed by atoms with Crippen molar-refractivity contribution in [3.05, 3.63) is 0 Å². The molecule has 1 saturated heterocycles. The summed E-state index contributed by atoms with van der Waals surface area (Å²) in [6.45, 7) is 17.1. The molecule has 8 atom stereocenters. The number of likely N-dealkylation sites (N-methyl/N-ethyl adjacent to an activating group) is 3. The topological polar surface area (TPSA) is 198 Å². The molecule has 2 fully saturated rings. The molecule has 1 aliphatic carbocycles. The van der Waals surface area contributed by atoms with Crippen LogP contribution in [0.4, 0.5) is 0 Å². The zero-order chi connectivity index (χ0) is 46.8. The fourth-order valence-corrected chi connectivity index (χ4v) is 8.62. The number of nitrogens with zero attached hydrogens (tertiary/aromatic N) is 4. The van der Waals surface area contributed by atoms with E-state index in [1.165, 1.54) is 35.7 Å². The molecule has 0 aromatic carbocycles. The lowest BCUT2D eigenvalue weighted by atomic mass is 9.84. The average molecular weight is 872 g/mol. The lowest BCUT2D eigenvalue weighted by Crippen LogP contribution is -2.60. The zero-order valence-electron chi connectivity index (χ0n) is 40.1. The van der Waals surface area contributed by atoms with Crippen LogP contribution in [0.3, 0.4) is 0 Å². The molecule has 1 saturated carbocycles. The van der Waals surface area contributed by atoms with Gasteiger partial charge >= 0.3 is 5.97 Å². The number of unbranched alkanes of at least 4 members (excludes halogenated alkanes) is 1. The van der Waals surface area contributed by atoms with E-state index in [4.69, 9.17) is 4.74 Å². The van der Waals surface area contributed by atoms with Crippen molar-refractivity contribution in [3.8, 4) is 6.07 Å². The highest BCUT2D eigenvalue weighted by Gasteiger charge is 2.41. The molecule has 3 N–H and O–H groups in total. The van der Waals surface area contributed by atoms with Gasteiger partial charge in [-0.3, -0.25) is 28.8 Å². The first-order valence-corrected chi connectivity index (χ1v) is 23.4. The first-order valence-electron chi connectivity index (χ1n) is 23.4. The van der Waals surface area contributed by atoms with Gasteiger partial charge in [0, 0.05) is 34.0 Å². The van der Waals surface area contributed by atoms with E-state index < -0.39 is 83.8 Å². The van der Waals surface area contributed by atoms with Gasteiger partial charge in [-0.25, -0.2) is 4.79 Å². The summed E-state index contributed by atoms with van der Waals surface area (Å²) in [5.74, 6) is -4.23. The molecule has 2 rings (SSSR count). The Morgan fingerprint density at radius 1 is 0.661 bits per heavy atom. The van der Waals surface area contributed by atoms with E-state index in [1.807, 2.05) is 54.5 Å². The van der Waals surface area contributed by atoms with Gasteiger partial charge in [-0.2, -0.15) is 5.26 Å². The van der Waals surface area contributed by atoms with Crippen molar-refractivity contribution in [2.24, 2.45) is 29.6 Å². The van der Waals surface area contributed by atoms with Crippen molar-refractivity contribution in [2.45, 2.75) is 201 Å². The molecule has 15 heteroatoms. The maximum Gasteiger partial charge on any atom is 0.329 e. The second-order valence-corrected chi connectivity index (χ2v) is 19.5. The monoisotopic (exact) mass is 872 g/mol. The summed E-state index contributed by atoms with van der Waals surface area (Å²) >= 11 is 0. The van der Waals surface area contributed by atoms with Gasteiger partial charge < -0.3 is 35.4 Å². The van der Waals surface area contributed by atoms with Crippen LogP contribution in [-0.4, -0.2) is 120 Å². The van der Waals surface area contributed by atoms with Gasteiger partial charge in [0.15, 0.2) is 6.10 Å². The van der Waals surface area contributed by atoms with Crippen LogP contribution in [0.2, 0.25) is 0 Å². The van der Waals surface area contributed by atoms with Crippen LogP contribution >= 0.6 is 0 Å². The van der Waals surface area contributed by atoms with Gasteiger partial charge in [-0.1, -0.05) is 107 Å². The molecule has 0 spiro atoms. The molecule has 62 heavy (non-hydrogen) atoms. The van der Waals surface area contributed by atoms with Gasteiger partial charge in [-0.15, -0.1) is 0 Å². The van der Waals surface area contributed by atoms with Crippen LogP contribution in [0.25, 0.3) is 0 Å². The number of esters is 1. The molecule has 6 amide bonds. The number of cyclic esters (lactones) is 1. The van der Waals surface area contributed by atoms with Crippen LogP contribution in [-0.2, 0) is 38.3 Å². The zero-order valence-corrected chi connectivity index (χ0v) is 40.1. The Labute approximate surface area is 372 Å². The highest BCUT2D eigenvalue weighted by atomic mass is 16.5. The summed E-state index contributed by atoms with van der Waals surface area (Å²) in [7, 11) is 4.53.